The predicted molar refractivity (Wildman–Crippen MR) is 124 cm³/mol. The van der Waals surface area contributed by atoms with Crippen LogP contribution in [0.3, 0.4) is 0 Å². The second kappa shape index (κ2) is 10.4. The minimum atomic E-state index is -0.249. The van der Waals surface area contributed by atoms with Gasteiger partial charge in [-0.3, -0.25) is 4.79 Å². The van der Waals surface area contributed by atoms with Crippen LogP contribution in [0.5, 0.6) is 17.4 Å². The van der Waals surface area contributed by atoms with E-state index < -0.39 is 0 Å². The Morgan fingerprint density at radius 3 is 2.53 bits per heavy atom. The molecule has 0 spiro atoms. The van der Waals surface area contributed by atoms with E-state index in [4.69, 9.17) is 14.2 Å². The summed E-state index contributed by atoms with van der Waals surface area (Å²) in [6.45, 7) is 0.511. The molecular weight excluding hydrogens is 402 g/mol. The Labute approximate surface area is 187 Å². The van der Waals surface area contributed by atoms with Gasteiger partial charge in [-0.25, -0.2) is 4.98 Å². The number of pyridine rings is 1. The third kappa shape index (κ3) is 5.64. The van der Waals surface area contributed by atoms with Crippen LogP contribution in [0.25, 0.3) is 10.8 Å². The number of fused-ring (bicyclic) bond motifs is 1. The van der Waals surface area contributed by atoms with E-state index in [2.05, 4.69) is 35.3 Å². The highest BCUT2D eigenvalue weighted by Gasteiger charge is 2.10. The normalized spacial score (nSPS) is 10.7. The Morgan fingerprint density at radius 1 is 0.875 bits per heavy atom. The maximum absolute atomic E-state index is 11.6. The van der Waals surface area contributed by atoms with Crippen molar-refractivity contribution in [2.75, 3.05) is 13.7 Å². The third-order valence-corrected chi connectivity index (χ3v) is 5.19. The number of esters is 1. The molecule has 0 aliphatic rings. The number of carbonyl (C=O) groups is 1. The Kier molecular flexibility index (Phi) is 6.98. The van der Waals surface area contributed by atoms with Crippen LogP contribution >= 0.6 is 0 Å². The van der Waals surface area contributed by atoms with Crippen molar-refractivity contribution in [2.45, 2.75) is 19.3 Å². The molecule has 0 amide bonds. The van der Waals surface area contributed by atoms with Gasteiger partial charge in [0.25, 0.3) is 0 Å². The van der Waals surface area contributed by atoms with Gasteiger partial charge in [0.1, 0.15) is 11.5 Å². The molecule has 0 aliphatic heterocycles. The zero-order valence-corrected chi connectivity index (χ0v) is 18.0. The smallest absolute Gasteiger partial charge is 0.305 e. The number of hydrogen-bond donors (Lipinski definition) is 0. The third-order valence-electron chi connectivity index (χ3n) is 5.19. The van der Waals surface area contributed by atoms with Crippen molar-refractivity contribution >= 4 is 16.7 Å². The molecule has 0 saturated heterocycles. The average molecular weight is 428 g/mol. The quantitative estimate of drug-likeness (QED) is 0.318. The second-order valence-corrected chi connectivity index (χ2v) is 7.40. The number of aryl methyl sites for hydroxylation is 1. The summed E-state index contributed by atoms with van der Waals surface area (Å²) >= 11 is 0. The fourth-order valence-electron chi connectivity index (χ4n) is 3.48. The van der Waals surface area contributed by atoms with Gasteiger partial charge in [-0.2, -0.15) is 0 Å². The first-order chi connectivity index (χ1) is 15.7. The molecule has 0 saturated carbocycles. The lowest BCUT2D eigenvalue weighted by molar-refractivity contribution is -0.140. The number of rotatable bonds is 9. The highest BCUT2D eigenvalue weighted by Crippen LogP contribution is 2.29. The summed E-state index contributed by atoms with van der Waals surface area (Å²) in [5, 5.41) is 2.44. The van der Waals surface area contributed by atoms with E-state index in [1.54, 1.807) is 12.3 Å². The Bertz CT molecular complexity index is 1190. The van der Waals surface area contributed by atoms with Crippen LogP contribution in [0, 0.1) is 0 Å². The number of hydrogen-bond acceptors (Lipinski definition) is 5. The minimum Gasteiger partial charge on any atom is -0.493 e. The summed E-state index contributed by atoms with van der Waals surface area (Å²) in [5.74, 6) is 1.59. The molecule has 162 valence electrons. The van der Waals surface area contributed by atoms with Gasteiger partial charge in [-0.1, -0.05) is 54.6 Å². The molecule has 3 aromatic carbocycles. The molecule has 0 fully saturated rings. The molecule has 0 unspecified atom stereocenters. The van der Waals surface area contributed by atoms with Crippen molar-refractivity contribution in [3.8, 4) is 17.4 Å². The number of nitrogens with zero attached hydrogens (tertiary/aromatic N) is 1. The molecule has 32 heavy (non-hydrogen) atoms. The highest BCUT2D eigenvalue weighted by molar-refractivity contribution is 5.83. The summed E-state index contributed by atoms with van der Waals surface area (Å²) in [5.41, 5.74) is 2.14. The molecule has 5 nitrogen and oxygen atoms in total. The molecule has 0 aliphatic carbocycles. The van der Waals surface area contributed by atoms with Gasteiger partial charge < -0.3 is 14.2 Å². The summed E-state index contributed by atoms with van der Waals surface area (Å²) in [7, 11) is 1.40. The van der Waals surface area contributed by atoms with E-state index in [1.807, 2.05) is 42.5 Å². The summed E-state index contributed by atoms with van der Waals surface area (Å²) in [4.78, 5) is 15.8. The zero-order chi connectivity index (χ0) is 22.2. The standard InChI is InChI=1S/C27H25NO4/c1-30-27(29)14-12-22-11-13-24(32-26-8-4-5-16-28-26)19-25(22)31-17-15-20-9-10-21-6-2-3-7-23(21)18-20/h2-11,13,16,18-19H,12,14-15,17H2,1H3. The topological polar surface area (TPSA) is 57.7 Å². The van der Waals surface area contributed by atoms with E-state index >= 15 is 0 Å². The van der Waals surface area contributed by atoms with Crippen molar-refractivity contribution in [1.29, 1.82) is 0 Å². The fourth-order valence-corrected chi connectivity index (χ4v) is 3.48. The maximum Gasteiger partial charge on any atom is 0.305 e. The molecule has 1 aromatic heterocycles. The summed E-state index contributed by atoms with van der Waals surface area (Å²) in [6.07, 6.45) is 3.27. The van der Waals surface area contributed by atoms with Crippen LogP contribution in [0.4, 0.5) is 0 Å². The van der Waals surface area contributed by atoms with Crippen LogP contribution in [0.1, 0.15) is 17.5 Å². The molecule has 1 heterocycles. The van der Waals surface area contributed by atoms with E-state index in [1.165, 1.54) is 23.4 Å². The SMILES string of the molecule is COC(=O)CCc1ccc(Oc2ccccn2)cc1OCCc1ccc2ccccc2c1. The highest BCUT2D eigenvalue weighted by atomic mass is 16.5. The summed E-state index contributed by atoms with van der Waals surface area (Å²) in [6, 6.07) is 25.9. The zero-order valence-electron chi connectivity index (χ0n) is 18.0. The molecular formula is C27H25NO4. The van der Waals surface area contributed by atoms with Gasteiger partial charge >= 0.3 is 5.97 Å². The number of methoxy groups -OCH3 is 1. The average Bonchev–Trinajstić information content (AvgIpc) is 2.84. The van der Waals surface area contributed by atoms with Crippen LogP contribution < -0.4 is 9.47 Å². The lowest BCUT2D eigenvalue weighted by atomic mass is 10.1. The van der Waals surface area contributed by atoms with Crippen molar-refractivity contribution in [3.63, 3.8) is 0 Å². The van der Waals surface area contributed by atoms with E-state index in [0.717, 1.165) is 12.0 Å². The number of benzene rings is 3. The van der Waals surface area contributed by atoms with Gasteiger partial charge in [0.15, 0.2) is 0 Å². The second-order valence-electron chi connectivity index (χ2n) is 7.40. The van der Waals surface area contributed by atoms with Gasteiger partial charge in [0, 0.05) is 31.2 Å². The van der Waals surface area contributed by atoms with Crippen molar-refractivity contribution < 1.29 is 19.0 Å². The number of carbonyl (C=O) groups excluding carboxylic acids is 1. The maximum atomic E-state index is 11.6. The molecule has 0 bridgehead atoms. The van der Waals surface area contributed by atoms with E-state index in [0.29, 0.717) is 30.4 Å². The van der Waals surface area contributed by atoms with E-state index in [-0.39, 0.29) is 12.4 Å². The van der Waals surface area contributed by atoms with Gasteiger partial charge in [0.05, 0.1) is 13.7 Å². The molecule has 0 radical (unpaired) electrons. The van der Waals surface area contributed by atoms with Crippen LogP contribution in [0.15, 0.2) is 85.1 Å². The first kappa shape index (κ1) is 21.4. The largest absolute Gasteiger partial charge is 0.493 e. The molecule has 0 N–H and O–H groups in total. The number of ether oxygens (including phenoxy) is 3. The van der Waals surface area contributed by atoms with E-state index in [9.17, 15) is 4.79 Å². The lowest BCUT2D eigenvalue weighted by Crippen LogP contribution is -2.06. The fraction of sp³-hybridized carbons (Fsp3) is 0.185. The van der Waals surface area contributed by atoms with Crippen LogP contribution in [0.2, 0.25) is 0 Å². The Morgan fingerprint density at radius 2 is 1.72 bits per heavy atom. The first-order valence-corrected chi connectivity index (χ1v) is 10.6. The van der Waals surface area contributed by atoms with Crippen molar-refractivity contribution in [1.82, 2.24) is 4.98 Å². The molecule has 0 atom stereocenters. The van der Waals surface area contributed by atoms with Crippen molar-refractivity contribution in [3.05, 3.63) is 96.2 Å². The molecule has 4 aromatic rings. The van der Waals surface area contributed by atoms with Crippen LogP contribution in [-0.4, -0.2) is 24.7 Å². The van der Waals surface area contributed by atoms with Crippen LogP contribution in [-0.2, 0) is 22.4 Å². The number of aromatic nitrogens is 1. The first-order valence-electron chi connectivity index (χ1n) is 10.6. The summed E-state index contributed by atoms with van der Waals surface area (Å²) < 4.78 is 16.8. The van der Waals surface area contributed by atoms with Crippen molar-refractivity contribution in [2.24, 2.45) is 0 Å². The van der Waals surface area contributed by atoms with Gasteiger partial charge in [-0.15, -0.1) is 0 Å². The van der Waals surface area contributed by atoms with Gasteiger partial charge in [0.2, 0.25) is 5.88 Å². The lowest BCUT2D eigenvalue weighted by Gasteiger charge is -2.14. The predicted octanol–water partition coefficient (Wildman–Crippen LogP) is 5.75. The monoisotopic (exact) mass is 427 g/mol. The Hall–Kier alpha value is -3.86. The minimum absolute atomic E-state index is 0.249. The Balaban J connectivity index is 1.47. The molecule has 5 heteroatoms. The molecule has 4 rings (SSSR count). The van der Waals surface area contributed by atoms with Gasteiger partial charge in [-0.05, 0) is 40.5 Å².